The highest BCUT2D eigenvalue weighted by atomic mass is 15.3. The smallest absolute Gasteiger partial charge is 0.151 e. The van der Waals surface area contributed by atoms with Crippen LogP contribution in [0.15, 0.2) is 37.1 Å². The van der Waals surface area contributed by atoms with Gasteiger partial charge in [0.05, 0.1) is 0 Å². The summed E-state index contributed by atoms with van der Waals surface area (Å²) in [7, 11) is 1.91. The van der Waals surface area contributed by atoms with Gasteiger partial charge in [-0.15, -0.1) is 6.58 Å². The van der Waals surface area contributed by atoms with E-state index in [9.17, 15) is 0 Å². The molecule has 1 aromatic rings. The average molecular weight is 191 g/mol. The van der Waals surface area contributed by atoms with Crippen LogP contribution in [0.5, 0.6) is 0 Å². The predicted molar refractivity (Wildman–Crippen MR) is 60.4 cm³/mol. The molecule has 3 heteroatoms. The van der Waals surface area contributed by atoms with Crippen molar-refractivity contribution in [3.8, 4) is 0 Å². The molecule has 0 aliphatic heterocycles. The highest BCUT2D eigenvalue weighted by Gasteiger charge is 2.06. The molecule has 0 atom stereocenters. The quantitative estimate of drug-likeness (QED) is 0.664. The molecule has 1 heterocycles. The van der Waals surface area contributed by atoms with Crippen LogP contribution in [0.3, 0.4) is 0 Å². The Balaban J connectivity index is 2.76. The molecule has 0 saturated heterocycles. The van der Waals surface area contributed by atoms with E-state index in [0.717, 1.165) is 24.5 Å². The van der Waals surface area contributed by atoms with Crippen molar-refractivity contribution in [2.45, 2.75) is 6.92 Å². The van der Waals surface area contributed by atoms with E-state index < -0.39 is 0 Å². The van der Waals surface area contributed by atoms with Crippen LogP contribution in [-0.2, 0) is 7.05 Å². The molecule has 0 N–H and O–H groups in total. The second-order valence-corrected chi connectivity index (χ2v) is 3.47. The fraction of sp³-hybridized carbons (Fsp3) is 0.364. The molecule has 0 bridgehead atoms. The van der Waals surface area contributed by atoms with Crippen LogP contribution in [0.4, 0.5) is 5.82 Å². The van der Waals surface area contributed by atoms with Gasteiger partial charge in [-0.2, -0.15) is 5.10 Å². The third-order valence-corrected chi connectivity index (χ3v) is 1.83. The van der Waals surface area contributed by atoms with Gasteiger partial charge in [-0.3, -0.25) is 4.68 Å². The molecule has 3 nitrogen and oxygen atoms in total. The lowest BCUT2D eigenvalue weighted by Crippen LogP contribution is -2.25. The van der Waals surface area contributed by atoms with Crippen LogP contribution in [0.2, 0.25) is 0 Å². The molecule has 1 aromatic heterocycles. The summed E-state index contributed by atoms with van der Waals surface area (Å²) in [4.78, 5) is 2.13. The van der Waals surface area contributed by atoms with Gasteiger partial charge in [0.25, 0.3) is 0 Å². The topological polar surface area (TPSA) is 21.1 Å². The van der Waals surface area contributed by atoms with Crippen molar-refractivity contribution in [1.29, 1.82) is 0 Å². The molecule has 0 saturated carbocycles. The van der Waals surface area contributed by atoms with Gasteiger partial charge in [0.15, 0.2) is 5.82 Å². The molecule has 0 unspecified atom stereocenters. The summed E-state index contributed by atoms with van der Waals surface area (Å²) in [5.74, 6) is 0.968. The van der Waals surface area contributed by atoms with Crippen LogP contribution in [-0.4, -0.2) is 22.9 Å². The minimum absolute atomic E-state index is 0.796. The van der Waals surface area contributed by atoms with E-state index in [-0.39, 0.29) is 0 Å². The summed E-state index contributed by atoms with van der Waals surface area (Å²) in [6.07, 6.45) is 3.81. The largest absolute Gasteiger partial charge is 0.347 e. The number of hydrogen-bond donors (Lipinski definition) is 0. The Hall–Kier alpha value is -1.51. The van der Waals surface area contributed by atoms with Crippen molar-refractivity contribution >= 4 is 5.82 Å². The fourth-order valence-electron chi connectivity index (χ4n) is 1.29. The van der Waals surface area contributed by atoms with Crippen LogP contribution in [0.25, 0.3) is 0 Å². The standard InChI is InChI=1S/C11H17N3/c1-5-7-14(9-10(2)3)11-6-8-13(4)12-11/h5-6,8H,1-2,7,9H2,3-4H3. The number of aromatic nitrogens is 2. The third kappa shape index (κ3) is 2.76. The van der Waals surface area contributed by atoms with Gasteiger partial charge in [-0.25, -0.2) is 0 Å². The maximum Gasteiger partial charge on any atom is 0.151 e. The van der Waals surface area contributed by atoms with E-state index in [1.54, 1.807) is 4.68 Å². The zero-order valence-electron chi connectivity index (χ0n) is 8.90. The van der Waals surface area contributed by atoms with Gasteiger partial charge in [0, 0.05) is 32.4 Å². The minimum Gasteiger partial charge on any atom is -0.347 e. The van der Waals surface area contributed by atoms with Crippen molar-refractivity contribution < 1.29 is 0 Å². The lowest BCUT2D eigenvalue weighted by atomic mass is 10.3. The van der Waals surface area contributed by atoms with Gasteiger partial charge < -0.3 is 4.90 Å². The lowest BCUT2D eigenvalue weighted by molar-refractivity contribution is 0.752. The zero-order valence-corrected chi connectivity index (χ0v) is 8.90. The van der Waals surface area contributed by atoms with E-state index in [0.29, 0.717) is 0 Å². The van der Waals surface area contributed by atoms with Crippen molar-refractivity contribution in [3.05, 3.63) is 37.1 Å². The van der Waals surface area contributed by atoms with E-state index >= 15 is 0 Å². The van der Waals surface area contributed by atoms with Crippen molar-refractivity contribution in [3.63, 3.8) is 0 Å². The molecular weight excluding hydrogens is 174 g/mol. The Kier molecular flexibility index (Phi) is 3.51. The minimum atomic E-state index is 0.796. The Morgan fingerprint density at radius 2 is 2.43 bits per heavy atom. The highest BCUT2D eigenvalue weighted by Crippen LogP contribution is 2.11. The summed E-state index contributed by atoms with van der Waals surface area (Å²) < 4.78 is 1.80. The molecule has 0 aliphatic carbocycles. The van der Waals surface area contributed by atoms with Crippen molar-refractivity contribution in [2.75, 3.05) is 18.0 Å². The molecule has 76 valence electrons. The number of anilines is 1. The summed E-state index contributed by atoms with van der Waals surface area (Å²) in [6.45, 7) is 11.3. The van der Waals surface area contributed by atoms with Crippen LogP contribution >= 0.6 is 0 Å². The van der Waals surface area contributed by atoms with Crippen LogP contribution in [0, 0.1) is 0 Å². The monoisotopic (exact) mass is 191 g/mol. The van der Waals surface area contributed by atoms with Gasteiger partial charge in [0.2, 0.25) is 0 Å². The zero-order chi connectivity index (χ0) is 10.6. The first-order chi connectivity index (χ1) is 6.63. The van der Waals surface area contributed by atoms with Crippen LogP contribution in [0.1, 0.15) is 6.92 Å². The van der Waals surface area contributed by atoms with E-state index in [4.69, 9.17) is 0 Å². The average Bonchev–Trinajstić information content (AvgIpc) is 2.50. The van der Waals surface area contributed by atoms with Crippen molar-refractivity contribution in [2.24, 2.45) is 7.05 Å². The van der Waals surface area contributed by atoms with Crippen molar-refractivity contribution in [1.82, 2.24) is 9.78 Å². The first-order valence-electron chi connectivity index (χ1n) is 4.63. The van der Waals surface area contributed by atoms with Gasteiger partial charge >= 0.3 is 0 Å². The molecule has 1 rings (SSSR count). The summed E-state index contributed by atoms with van der Waals surface area (Å²) in [5.41, 5.74) is 1.12. The molecule has 0 spiro atoms. The van der Waals surface area contributed by atoms with Gasteiger partial charge in [-0.1, -0.05) is 18.2 Å². The summed E-state index contributed by atoms with van der Waals surface area (Å²) in [6, 6.07) is 1.99. The van der Waals surface area contributed by atoms with Crippen LogP contribution < -0.4 is 4.90 Å². The van der Waals surface area contributed by atoms with E-state index in [1.807, 2.05) is 32.3 Å². The fourth-order valence-corrected chi connectivity index (χ4v) is 1.29. The number of nitrogens with zero attached hydrogens (tertiary/aromatic N) is 3. The first kappa shape index (κ1) is 10.6. The Bertz CT molecular complexity index is 325. The normalized spacial score (nSPS) is 9.86. The molecular formula is C11H17N3. The van der Waals surface area contributed by atoms with Gasteiger partial charge in [-0.05, 0) is 6.92 Å². The molecule has 0 fully saturated rings. The second kappa shape index (κ2) is 4.65. The summed E-state index contributed by atoms with van der Waals surface area (Å²) in [5, 5.41) is 4.34. The molecule has 0 amide bonds. The first-order valence-corrected chi connectivity index (χ1v) is 4.63. The Labute approximate surface area is 85.3 Å². The highest BCUT2D eigenvalue weighted by molar-refractivity contribution is 5.39. The van der Waals surface area contributed by atoms with E-state index in [1.165, 1.54) is 0 Å². The Morgan fingerprint density at radius 1 is 1.71 bits per heavy atom. The summed E-state index contributed by atoms with van der Waals surface area (Å²) >= 11 is 0. The second-order valence-electron chi connectivity index (χ2n) is 3.47. The Morgan fingerprint density at radius 3 is 2.86 bits per heavy atom. The molecule has 14 heavy (non-hydrogen) atoms. The SMILES string of the molecule is C=CCN(CC(=C)C)c1ccn(C)n1. The molecule has 0 radical (unpaired) electrons. The number of hydrogen-bond acceptors (Lipinski definition) is 2. The predicted octanol–water partition coefficient (Wildman–Crippen LogP) is 1.99. The maximum absolute atomic E-state index is 4.34. The van der Waals surface area contributed by atoms with Gasteiger partial charge in [0.1, 0.15) is 0 Å². The maximum atomic E-state index is 4.34. The number of rotatable bonds is 5. The third-order valence-electron chi connectivity index (χ3n) is 1.83. The lowest BCUT2D eigenvalue weighted by Gasteiger charge is -2.20. The number of aryl methyl sites for hydroxylation is 1. The molecule has 0 aliphatic rings. The van der Waals surface area contributed by atoms with E-state index in [2.05, 4.69) is 23.2 Å². The molecule has 0 aromatic carbocycles.